The third-order valence-electron chi connectivity index (χ3n) is 7.34. The van der Waals surface area contributed by atoms with Gasteiger partial charge in [-0.05, 0) is 42.3 Å². The quantitative estimate of drug-likeness (QED) is 0.418. The molecule has 0 unspecified atom stereocenters. The fraction of sp³-hybridized carbons (Fsp3) is 0.682. The molecule has 0 bridgehead atoms. The molecule has 0 amide bonds. The van der Waals surface area contributed by atoms with Gasteiger partial charge in [0, 0.05) is 0 Å². The first-order chi connectivity index (χ1) is 15.4. The average molecular weight is 478 g/mol. The molecule has 32 heavy (non-hydrogen) atoms. The van der Waals surface area contributed by atoms with Gasteiger partial charge in [0.25, 0.3) is 0 Å². The van der Waals surface area contributed by atoms with Gasteiger partial charge in [-0.1, -0.05) is 41.5 Å². The molecule has 3 rings (SSSR count). The van der Waals surface area contributed by atoms with Crippen molar-refractivity contribution in [2.45, 2.75) is 90.1 Å². The Morgan fingerprint density at radius 2 is 1.56 bits per heavy atom. The second-order valence-corrected chi connectivity index (χ2v) is 18.1. The molecule has 178 valence electrons. The first kappa shape index (κ1) is 24.9. The summed E-state index contributed by atoms with van der Waals surface area (Å²) in [4.78, 5) is 12.9. The third-order valence-corrected chi connectivity index (χ3v) is 16.6. The molecule has 0 fully saturated rings. The van der Waals surface area contributed by atoms with Crippen LogP contribution in [0, 0.1) is 0 Å². The number of anilines is 1. The number of hydrogen-bond acceptors (Lipinski definition) is 7. The highest BCUT2D eigenvalue weighted by Crippen LogP contribution is 2.36. The molecule has 2 aromatic heterocycles. The number of hydrogen-bond donors (Lipinski definition) is 1. The molecular weight excluding hydrogens is 438 g/mol. The molecule has 0 aromatic carbocycles. The van der Waals surface area contributed by atoms with Crippen LogP contribution in [0.2, 0.25) is 36.3 Å². The van der Waals surface area contributed by atoms with E-state index in [2.05, 4.69) is 62.6 Å². The summed E-state index contributed by atoms with van der Waals surface area (Å²) in [5, 5.41) is 0. The lowest BCUT2D eigenvalue weighted by atomic mass is 10.3. The zero-order chi connectivity index (χ0) is 23.4. The molecule has 0 saturated heterocycles. The fourth-order valence-electron chi connectivity index (χ4n) is 4.54. The van der Waals surface area contributed by atoms with Crippen LogP contribution in [0.25, 0.3) is 11.2 Å². The van der Waals surface area contributed by atoms with E-state index in [-0.39, 0.29) is 12.3 Å². The van der Waals surface area contributed by atoms with Crippen molar-refractivity contribution >= 4 is 33.6 Å². The normalized spacial score (nSPS) is 19.4. The number of aromatic nitrogens is 4. The van der Waals surface area contributed by atoms with Crippen molar-refractivity contribution in [3.05, 3.63) is 24.5 Å². The van der Waals surface area contributed by atoms with Crippen LogP contribution in [0.5, 0.6) is 0 Å². The Morgan fingerprint density at radius 1 is 0.938 bits per heavy atom. The van der Waals surface area contributed by atoms with Crippen molar-refractivity contribution in [2.24, 2.45) is 0 Å². The SMILES string of the molecule is CC[Si](CC)(CC)OCC1=C[C@@H](O[Si](CC)(CC)CC)[C@H](n2cnc3c(N)ncnc32)O1. The second kappa shape index (κ2) is 10.5. The minimum absolute atomic E-state index is 0.213. The number of nitrogens with two attached hydrogens (primary N) is 1. The highest BCUT2D eigenvalue weighted by molar-refractivity contribution is 6.74. The smallest absolute Gasteiger partial charge is 0.207 e. The molecule has 1 aliphatic rings. The summed E-state index contributed by atoms with van der Waals surface area (Å²) in [7, 11) is -3.60. The van der Waals surface area contributed by atoms with Crippen LogP contribution in [0.4, 0.5) is 5.82 Å². The summed E-state index contributed by atoms with van der Waals surface area (Å²) in [6.45, 7) is 13.9. The lowest BCUT2D eigenvalue weighted by Crippen LogP contribution is -2.41. The van der Waals surface area contributed by atoms with Gasteiger partial charge in [0.15, 0.2) is 28.1 Å². The van der Waals surface area contributed by atoms with E-state index in [0.29, 0.717) is 23.6 Å². The van der Waals surface area contributed by atoms with Crippen LogP contribution < -0.4 is 5.73 Å². The molecule has 0 spiro atoms. The summed E-state index contributed by atoms with van der Waals surface area (Å²) in [6, 6.07) is 6.53. The van der Waals surface area contributed by atoms with Crippen LogP contribution >= 0.6 is 0 Å². The molecule has 0 aliphatic carbocycles. The Bertz CT molecular complexity index is 911. The zero-order valence-corrected chi connectivity index (χ0v) is 22.4. The molecule has 3 heterocycles. The van der Waals surface area contributed by atoms with Crippen molar-refractivity contribution in [3.63, 3.8) is 0 Å². The summed E-state index contributed by atoms with van der Waals surface area (Å²) in [5.74, 6) is 1.20. The Hall–Kier alpha value is -1.76. The maximum Gasteiger partial charge on any atom is 0.207 e. The largest absolute Gasteiger partial charge is 0.469 e. The van der Waals surface area contributed by atoms with Crippen LogP contribution in [0.3, 0.4) is 0 Å². The van der Waals surface area contributed by atoms with E-state index >= 15 is 0 Å². The Balaban J connectivity index is 1.92. The van der Waals surface area contributed by atoms with E-state index in [1.54, 1.807) is 6.33 Å². The van der Waals surface area contributed by atoms with Crippen molar-refractivity contribution < 1.29 is 13.6 Å². The summed E-state index contributed by atoms with van der Waals surface area (Å²) >= 11 is 0. The zero-order valence-electron chi connectivity index (χ0n) is 20.4. The Morgan fingerprint density at radius 3 is 2.16 bits per heavy atom. The van der Waals surface area contributed by atoms with Gasteiger partial charge < -0.3 is 19.3 Å². The molecule has 2 aromatic rings. The lowest BCUT2D eigenvalue weighted by Gasteiger charge is -2.33. The number of rotatable bonds is 12. The highest BCUT2D eigenvalue weighted by atomic mass is 28.4. The van der Waals surface area contributed by atoms with Crippen LogP contribution in [-0.2, 0) is 13.6 Å². The molecule has 2 N–H and O–H groups in total. The van der Waals surface area contributed by atoms with Crippen LogP contribution in [-0.4, -0.2) is 48.9 Å². The number of ether oxygens (including phenoxy) is 1. The van der Waals surface area contributed by atoms with E-state index in [0.717, 1.165) is 42.0 Å². The van der Waals surface area contributed by atoms with Gasteiger partial charge in [-0.15, -0.1) is 0 Å². The Kier molecular flexibility index (Phi) is 8.13. The van der Waals surface area contributed by atoms with Crippen LogP contribution in [0.1, 0.15) is 47.8 Å². The number of imidazole rings is 1. The molecule has 2 atom stereocenters. The fourth-order valence-corrected chi connectivity index (χ4v) is 9.86. The maximum atomic E-state index is 6.87. The highest BCUT2D eigenvalue weighted by Gasteiger charge is 2.40. The van der Waals surface area contributed by atoms with Gasteiger partial charge in [0.05, 0.1) is 6.61 Å². The molecule has 10 heteroatoms. The number of fused-ring (bicyclic) bond motifs is 1. The van der Waals surface area contributed by atoms with E-state index in [9.17, 15) is 0 Å². The first-order valence-electron chi connectivity index (χ1n) is 12.0. The van der Waals surface area contributed by atoms with Gasteiger partial charge in [-0.2, -0.15) is 0 Å². The minimum atomic E-state index is -1.87. The number of nitrogens with zero attached hydrogens (tertiary/aromatic N) is 4. The first-order valence-corrected chi connectivity index (χ1v) is 17.1. The number of nitrogen functional groups attached to an aromatic ring is 1. The monoisotopic (exact) mass is 477 g/mol. The van der Waals surface area contributed by atoms with Gasteiger partial charge in [-0.25, -0.2) is 15.0 Å². The average Bonchev–Trinajstić information content (AvgIpc) is 3.43. The van der Waals surface area contributed by atoms with Crippen molar-refractivity contribution in [2.75, 3.05) is 12.3 Å². The van der Waals surface area contributed by atoms with Crippen molar-refractivity contribution in [3.8, 4) is 0 Å². The van der Waals surface area contributed by atoms with E-state index in [4.69, 9.17) is 19.3 Å². The standard InChI is InChI=1S/C22H39N5O3Si2/c1-7-31(8-2,9-3)28-14-17-13-18(30-32(10-4,11-5)12-6)22(29-17)27-16-26-19-20(23)24-15-25-21(19)27/h13,15-16,18,22H,7-12,14H2,1-6H3,(H2,23,24,25)/t18-,22-/m1/s1. The molecule has 1 aliphatic heterocycles. The van der Waals surface area contributed by atoms with E-state index < -0.39 is 16.6 Å². The lowest BCUT2D eigenvalue weighted by molar-refractivity contribution is 0.00155. The van der Waals surface area contributed by atoms with Gasteiger partial charge >= 0.3 is 0 Å². The predicted molar refractivity (Wildman–Crippen MR) is 133 cm³/mol. The van der Waals surface area contributed by atoms with Crippen LogP contribution in [0.15, 0.2) is 24.5 Å². The van der Waals surface area contributed by atoms with Crippen molar-refractivity contribution in [1.29, 1.82) is 0 Å². The minimum Gasteiger partial charge on any atom is -0.469 e. The van der Waals surface area contributed by atoms with Gasteiger partial charge in [0.2, 0.25) is 6.23 Å². The topological polar surface area (TPSA) is 97.3 Å². The molecule has 0 saturated carbocycles. The van der Waals surface area contributed by atoms with Gasteiger partial charge in [0.1, 0.15) is 30.0 Å². The summed E-state index contributed by atoms with van der Waals surface area (Å²) < 4.78 is 21.8. The molecular formula is C22H39N5O3Si2. The molecule has 8 nitrogen and oxygen atoms in total. The Labute approximate surface area is 193 Å². The summed E-state index contributed by atoms with van der Waals surface area (Å²) in [6.07, 6.45) is 4.71. The van der Waals surface area contributed by atoms with Gasteiger partial charge in [-0.3, -0.25) is 4.57 Å². The maximum absolute atomic E-state index is 6.87. The van der Waals surface area contributed by atoms with E-state index in [1.165, 1.54) is 6.33 Å². The summed E-state index contributed by atoms with van der Waals surface area (Å²) in [5.41, 5.74) is 7.26. The third kappa shape index (κ3) is 4.78. The van der Waals surface area contributed by atoms with E-state index in [1.807, 2.05) is 4.57 Å². The molecule has 0 radical (unpaired) electrons. The predicted octanol–water partition coefficient (Wildman–Crippen LogP) is 5.23. The van der Waals surface area contributed by atoms with Crippen molar-refractivity contribution in [1.82, 2.24) is 19.5 Å². The second-order valence-electron chi connectivity index (χ2n) is 8.58.